The van der Waals surface area contributed by atoms with Crippen molar-refractivity contribution in [3.05, 3.63) is 30.1 Å². The highest BCUT2D eigenvalue weighted by atomic mass is 19.1. The van der Waals surface area contributed by atoms with Crippen LogP contribution in [-0.2, 0) is 16.1 Å². The Labute approximate surface area is 171 Å². The average molecular weight is 394 g/mol. The maximum Gasteiger partial charge on any atom is 0.341 e. The van der Waals surface area contributed by atoms with Gasteiger partial charge in [0.2, 0.25) is 0 Å². The molecule has 28 heavy (non-hydrogen) atoms. The number of alkyl halides is 1. The largest absolute Gasteiger partial charge is 0.459 e. The van der Waals surface area contributed by atoms with Crippen LogP contribution in [0.1, 0.15) is 109 Å². The number of carbonyl (C=O) groups is 1. The number of hydrogen-bond acceptors (Lipinski definition) is 3. The van der Waals surface area contributed by atoms with Crippen molar-refractivity contribution in [2.75, 3.05) is 0 Å². The molecule has 0 radical (unpaired) electrons. The number of nitrogens with zero attached hydrogens (tertiary/aromatic N) is 1. The van der Waals surface area contributed by atoms with E-state index in [0.717, 1.165) is 24.8 Å². The van der Waals surface area contributed by atoms with Crippen molar-refractivity contribution in [2.45, 2.75) is 116 Å². The molecule has 0 amide bonds. The molecule has 0 aromatic carbocycles. The molecule has 1 aromatic rings. The number of esters is 1. The first kappa shape index (κ1) is 24.6. The van der Waals surface area contributed by atoms with Crippen molar-refractivity contribution >= 4 is 5.97 Å². The smallest absolute Gasteiger partial charge is 0.341 e. The van der Waals surface area contributed by atoms with E-state index in [9.17, 15) is 9.18 Å². The maximum absolute atomic E-state index is 13.9. The predicted molar refractivity (Wildman–Crippen MR) is 114 cm³/mol. The van der Waals surface area contributed by atoms with E-state index in [4.69, 9.17) is 4.74 Å². The second kappa shape index (κ2) is 17.6. The first-order chi connectivity index (χ1) is 13.7. The molecule has 1 unspecified atom stereocenters. The fraction of sp³-hybridized carbons (Fsp3) is 0.750. The van der Waals surface area contributed by atoms with Crippen LogP contribution in [0.3, 0.4) is 0 Å². The monoisotopic (exact) mass is 393 g/mol. The van der Waals surface area contributed by atoms with Gasteiger partial charge in [0, 0.05) is 18.0 Å². The van der Waals surface area contributed by atoms with Gasteiger partial charge in [-0.15, -0.1) is 0 Å². The van der Waals surface area contributed by atoms with E-state index >= 15 is 0 Å². The average Bonchev–Trinajstić information content (AvgIpc) is 2.72. The molecule has 1 heterocycles. The number of hydrogen-bond donors (Lipinski definition) is 0. The Hall–Kier alpha value is -1.45. The van der Waals surface area contributed by atoms with E-state index < -0.39 is 12.1 Å². The lowest BCUT2D eigenvalue weighted by molar-refractivity contribution is -0.151. The summed E-state index contributed by atoms with van der Waals surface area (Å²) in [5, 5.41) is 0. The lowest BCUT2D eigenvalue weighted by Crippen LogP contribution is -2.18. The highest BCUT2D eigenvalue weighted by molar-refractivity contribution is 5.74. The fourth-order valence-corrected chi connectivity index (χ4v) is 3.36. The lowest BCUT2D eigenvalue weighted by Gasteiger charge is -2.09. The van der Waals surface area contributed by atoms with Crippen molar-refractivity contribution < 1.29 is 13.9 Å². The SMILES string of the molecule is CCCCCCCCCCCCCCCCC(F)C(=O)OCc1cccnc1. The van der Waals surface area contributed by atoms with E-state index in [0.29, 0.717) is 0 Å². The molecule has 1 rings (SSSR count). The quantitative estimate of drug-likeness (QED) is 0.193. The van der Waals surface area contributed by atoms with Gasteiger partial charge in [0.25, 0.3) is 0 Å². The molecule has 0 aliphatic carbocycles. The Kier molecular flexibility index (Phi) is 15.5. The van der Waals surface area contributed by atoms with Gasteiger partial charge in [-0.2, -0.15) is 0 Å². The molecule has 0 saturated heterocycles. The van der Waals surface area contributed by atoms with Gasteiger partial charge in [-0.25, -0.2) is 9.18 Å². The molecule has 0 spiro atoms. The zero-order valence-corrected chi connectivity index (χ0v) is 17.8. The van der Waals surface area contributed by atoms with Crippen LogP contribution in [0.25, 0.3) is 0 Å². The third-order valence-electron chi connectivity index (χ3n) is 5.17. The van der Waals surface area contributed by atoms with Crippen LogP contribution in [0.5, 0.6) is 0 Å². The summed E-state index contributed by atoms with van der Waals surface area (Å²) in [5.41, 5.74) is 0.777. The van der Waals surface area contributed by atoms with Crippen LogP contribution < -0.4 is 0 Å². The minimum atomic E-state index is -1.51. The number of pyridine rings is 1. The van der Waals surface area contributed by atoms with E-state index in [1.807, 2.05) is 0 Å². The van der Waals surface area contributed by atoms with Crippen molar-refractivity contribution in [1.82, 2.24) is 4.98 Å². The molecule has 0 N–H and O–H groups in total. The van der Waals surface area contributed by atoms with E-state index in [1.165, 1.54) is 70.6 Å². The van der Waals surface area contributed by atoms with Crippen molar-refractivity contribution in [1.29, 1.82) is 0 Å². The maximum atomic E-state index is 13.9. The zero-order valence-electron chi connectivity index (χ0n) is 17.8. The van der Waals surface area contributed by atoms with E-state index in [2.05, 4.69) is 11.9 Å². The zero-order chi connectivity index (χ0) is 20.3. The third kappa shape index (κ3) is 13.7. The number of halogens is 1. The van der Waals surface area contributed by atoms with Gasteiger partial charge in [-0.1, -0.05) is 96.5 Å². The van der Waals surface area contributed by atoms with Crippen LogP contribution in [0.15, 0.2) is 24.5 Å². The number of rotatable bonds is 18. The number of ether oxygens (including phenoxy) is 1. The Morgan fingerprint density at radius 1 is 0.929 bits per heavy atom. The van der Waals surface area contributed by atoms with Crippen molar-refractivity contribution in [3.63, 3.8) is 0 Å². The summed E-state index contributed by atoms with van der Waals surface area (Å²) in [7, 11) is 0. The third-order valence-corrected chi connectivity index (χ3v) is 5.17. The molecular formula is C24H40FNO2. The van der Waals surface area contributed by atoms with E-state index in [-0.39, 0.29) is 13.0 Å². The first-order valence-corrected chi connectivity index (χ1v) is 11.4. The highest BCUT2D eigenvalue weighted by Gasteiger charge is 2.18. The lowest BCUT2D eigenvalue weighted by atomic mass is 10.0. The predicted octanol–water partition coefficient (Wildman–Crippen LogP) is 7.33. The molecule has 4 heteroatoms. The van der Waals surface area contributed by atoms with Gasteiger partial charge < -0.3 is 4.74 Å². The first-order valence-electron chi connectivity index (χ1n) is 11.4. The molecule has 0 aliphatic rings. The fourth-order valence-electron chi connectivity index (χ4n) is 3.36. The minimum absolute atomic E-state index is 0.0891. The molecule has 0 bridgehead atoms. The summed E-state index contributed by atoms with van der Waals surface area (Å²) < 4.78 is 18.9. The van der Waals surface area contributed by atoms with Gasteiger partial charge in [-0.05, 0) is 18.9 Å². The summed E-state index contributed by atoms with van der Waals surface area (Å²) in [4.78, 5) is 15.6. The summed E-state index contributed by atoms with van der Waals surface area (Å²) in [6.07, 6.45) is 19.8. The highest BCUT2D eigenvalue weighted by Crippen LogP contribution is 2.15. The van der Waals surface area contributed by atoms with Crippen molar-refractivity contribution in [2.24, 2.45) is 0 Å². The molecular weight excluding hydrogens is 353 g/mol. The van der Waals surface area contributed by atoms with E-state index in [1.54, 1.807) is 24.5 Å². The molecule has 0 saturated carbocycles. The van der Waals surface area contributed by atoms with Crippen molar-refractivity contribution in [3.8, 4) is 0 Å². The molecule has 3 nitrogen and oxygen atoms in total. The summed E-state index contributed by atoms with van der Waals surface area (Å²) in [5.74, 6) is -0.751. The summed E-state index contributed by atoms with van der Waals surface area (Å²) in [6.45, 7) is 2.35. The van der Waals surface area contributed by atoms with Crippen LogP contribution in [-0.4, -0.2) is 17.1 Å². The van der Waals surface area contributed by atoms with Crippen LogP contribution in [0, 0.1) is 0 Å². The molecule has 1 atom stereocenters. The number of carbonyl (C=O) groups excluding carboxylic acids is 1. The number of aromatic nitrogens is 1. The standard InChI is InChI=1S/C24H40FNO2/c1-2-3-4-5-6-7-8-9-10-11-12-13-14-15-18-23(25)24(27)28-21-22-17-16-19-26-20-22/h16-17,19-20,23H,2-15,18,21H2,1H3. The Morgan fingerprint density at radius 3 is 1.96 bits per heavy atom. The van der Waals surface area contributed by atoms with Gasteiger partial charge in [-0.3, -0.25) is 4.98 Å². The molecule has 160 valence electrons. The van der Waals surface area contributed by atoms with Gasteiger partial charge in [0.1, 0.15) is 6.61 Å². The van der Waals surface area contributed by atoms with Crippen LogP contribution in [0.4, 0.5) is 4.39 Å². The normalized spacial score (nSPS) is 12.1. The second-order valence-corrected chi connectivity index (χ2v) is 7.82. The summed E-state index contributed by atoms with van der Waals surface area (Å²) in [6, 6.07) is 3.58. The Morgan fingerprint density at radius 2 is 1.46 bits per heavy atom. The minimum Gasteiger partial charge on any atom is -0.459 e. The second-order valence-electron chi connectivity index (χ2n) is 7.82. The summed E-state index contributed by atoms with van der Waals surface area (Å²) >= 11 is 0. The van der Waals surface area contributed by atoms with Crippen LogP contribution in [0.2, 0.25) is 0 Å². The number of unbranched alkanes of at least 4 members (excludes halogenated alkanes) is 13. The molecule has 0 fully saturated rings. The molecule has 0 aliphatic heterocycles. The Balaban J connectivity index is 1.85. The molecule has 1 aromatic heterocycles. The van der Waals surface area contributed by atoms with Gasteiger partial charge in [0.15, 0.2) is 6.17 Å². The van der Waals surface area contributed by atoms with Gasteiger partial charge in [0.05, 0.1) is 0 Å². The van der Waals surface area contributed by atoms with Crippen LogP contribution >= 0.6 is 0 Å². The van der Waals surface area contributed by atoms with Gasteiger partial charge >= 0.3 is 5.97 Å². The Bertz CT molecular complexity index is 481. The topological polar surface area (TPSA) is 39.2 Å².